The van der Waals surface area contributed by atoms with Crippen molar-refractivity contribution in [3.8, 4) is 17.0 Å². The van der Waals surface area contributed by atoms with Gasteiger partial charge in [0, 0.05) is 27.5 Å². The first kappa shape index (κ1) is 19.1. The lowest BCUT2D eigenvalue weighted by Crippen LogP contribution is -2.17. The fourth-order valence-corrected chi connectivity index (χ4v) is 4.00. The second kappa shape index (κ2) is 7.29. The molecule has 29 heavy (non-hydrogen) atoms. The number of benzene rings is 2. The van der Waals surface area contributed by atoms with Crippen molar-refractivity contribution in [2.45, 2.75) is 12.8 Å². The van der Waals surface area contributed by atoms with Crippen LogP contribution in [0.15, 0.2) is 42.5 Å². The zero-order valence-corrected chi connectivity index (χ0v) is 16.9. The minimum absolute atomic E-state index is 0.226. The Kier molecular flexibility index (Phi) is 4.80. The van der Waals surface area contributed by atoms with Gasteiger partial charge in [0.25, 0.3) is 0 Å². The van der Waals surface area contributed by atoms with Crippen molar-refractivity contribution < 1.29 is 19.1 Å². The molecule has 1 aliphatic rings. The number of hydrogen-bond acceptors (Lipinski definition) is 4. The maximum Gasteiger partial charge on any atom is 0.340 e. The fraction of sp³-hybridized carbons (Fsp3) is 0.182. The number of esters is 1. The third kappa shape index (κ3) is 3.15. The number of aryl methyl sites for hydroxylation is 1. The molecule has 1 aliphatic heterocycles. The molecule has 0 spiro atoms. The topological polar surface area (TPSA) is 80.4 Å². The molecule has 2 N–H and O–H groups in total. The Morgan fingerprint density at radius 3 is 2.66 bits per heavy atom. The predicted molar refractivity (Wildman–Crippen MR) is 111 cm³/mol. The van der Waals surface area contributed by atoms with Crippen molar-refractivity contribution in [2.75, 3.05) is 19.5 Å². The number of carbonyl (C=O) groups excluding carboxylic acids is 2. The summed E-state index contributed by atoms with van der Waals surface area (Å²) in [4.78, 5) is 28.9. The van der Waals surface area contributed by atoms with E-state index in [1.54, 1.807) is 32.2 Å². The van der Waals surface area contributed by atoms with Crippen LogP contribution in [0.25, 0.3) is 11.3 Å². The highest BCUT2D eigenvalue weighted by molar-refractivity contribution is 6.31. The van der Waals surface area contributed by atoms with Gasteiger partial charge in [-0.3, -0.25) is 4.79 Å². The van der Waals surface area contributed by atoms with Gasteiger partial charge in [-0.05, 0) is 42.8 Å². The molecule has 2 aromatic carbocycles. The van der Waals surface area contributed by atoms with Crippen molar-refractivity contribution in [2.24, 2.45) is 0 Å². The molecule has 0 aliphatic carbocycles. The van der Waals surface area contributed by atoms with Gasteiger partial charge in [-0.25, -0.2) is 4.79 Å². The van der Waals surface area contributed by atoms with Gasteiger partial charge in [-0.15, -0.1) is 0 Å². The standard InChI is InChI=1S/C22H19ClN2O4/c1-11-17(22(27)29-3)19(20(24-11)12-5-4-6-14(9-12)28-2)18-15-10-13(23)7-8-16(15)25-21(18)26/h4-10,18,24H,1-3H3,(H,25,26). The van der Waals surface area contributed by atoms with Gasteiger partial charge >= 0.3 is 5.97 Å². The number of aromatic amines is 1. The summed E-state index contributed by atoms with van der Waals surface area (Å²) in [6.45, 7) is 1.78. The monoisotopic (exact) mass is 410 g/mol. The van der Waals surface area contributed by atoms with Crippen LogP contribution in [0, 0.1) is 6.92 Å². The number of ether oxygens (including phenoxy) is 2. The van der Waals surface area contributed by atoms with Gasteiger partial charge in [0.1, 0.15) is 5.75 Å². The fourth-order valence-electron chi connectivity index (χ4n) is 3.82. The van der Waals surface area contributed by atoms with Crippen molar-refractivity contribution in [1.29, 1.82) is 0 Å². The summed E-state index contributed by atoms with van der Waals surface area (Å²) in [5, 5.41) is 3.39. The van der Waals surface area contributed by atoms with E-state index in [9.17, 15) is 9.59 Å². The van der Waals surface area contributed by atoms with E-state index in [1.807, 2.05) is 24.3 Å². The van der Waals surface area contributed by atoms with E-state index in [0.29, 0.717) is 39.0 Å². The third-order valence-corrected chi connectivity index (χ3v) is 5.34. The zero-order valence-electron chi connectivity index (χ0n) is 16.1. The smallest absolute Gasteiger partial charge is 0.340 e. The maximum atomic E-state index is 13.0. The number of rotatable bonds is 4. The van der Waals surface area contributed by atoms with Crippen LogP contribution in [0.2, 0.25) is 5.02 Å². The number of carbonyl (C=O) groups is 2. The van der Waals surface area contributed by atoms with Gasteiger partial charge in [-0.1, -0.05) is 23.7 Å². The summed E-state index contributed by atoms with van der Waals surface area (Å²) in [5.74, 6) is -0.773. The molecule has 6 nitrogen and oxygen atoms in total. The van der Waals surface area contributed by atoms with Crippen molar-refractivity contribution in [3.63, 3.8) is 0 Å². The van der Waals surface area contributed by atoms with Gasteiger partial charge in [0.15, 0.2) is 0 Å². The molecule has 1 unspecified atom stereocenters. The van der Waals surface area contributed by atoms with E-state index in [-0.39, 0.29) is 5.91 Å². The highest BCUT2D eigenvalue weighted by Crippen LogP contribution is 2.44. The molecule has 0 radical (unpaired) electrons. The zero-order chi connectivity index (χ0) is 20.7. The van der Waals surface area contributed by atoms with E-state index in [4.69, 9.17) is 21.1 Å². The Morgan fingerprint density at radius 2 is 1.93 bits per heavy atom. The van der Waals surface area contributed by atoms with E-state index < -0.39 is 11.9 Å². The van der Waals surface area contributed by atoms with E-state index in [1.165, 1.54) is 7.11 Å². The Morgan fingerprint density at radius 1 is 1.14 bits per heavy atom. The molecular weight excluding hydrogens is 392 g/mol. The average molecular weight is 411 g/mol. The molecular formula is C22H19ClN2O4. The van der Waals surface area contributed by atoms with Crippen LogP contribution in [-0.4, -0.2) is 31.1 Å². The molecule has 148 valence electrons. The second-order valence-corrected chi connectivity index (χ2v) is 7.23. The molecule has 0 fully saturated rings. The second-order valence-electron chi connectivity index (χ2n) is 6.79. The van der Waals surface area contributed by atoms with Gasteiger partial charge in [0.05, 0.1) is 31.4 Å². The molecule has 0 bridgehead atoms. The molecule has 0 saturated carbocycles. The molecule has 3 aromatic rings. The molecule has 1 aromatic heterocycles. The van der Waals surface area contributed by atoms with Crippen LogP contribution in [0.5, 0.6) is 5.75 Å². The Balaban J connectivity index is 2.00. The van der Waals surface area contributed by atoms with Crippen molar-refractivity contribution in [1.82, 2.24) is 4.98 Å². The SMILES string of the molecule is COC(=O)c1c(C)[nH]c(-c2cccc(OC)c2)c1C1C(=O)Nc2ccc(Cl)cc21. The first-order chi connectivity index (χ1) is 13.9. The summed E-state index contributed by atoms with van der Waals surface area (Å²) in [6, 6.07) is 12.7. The first-order valence-electron chi connectivity index (χ1n) is 9.00. The maximum absolute atomic E-state index is 13.0. The van der Waals surface area contributed by atoms with Gasteiger partial charge in [-0.2, -0.15) is 0 Å². The molecule has 1 amide bonds. The van der Waals surface area contributed by atoms with Crippen LogP contribution in [0.1, 0.15) is 33.1 Å². The quantitative estimate of drug-likeness (QED) is 0.619. The van der Waals surface area contributed by atoms with Crippen molar-refractivity contribution >= 4 is 29.2 Å². The number of fused-ring (bicyclic) bond motifs is 1. The molecule has 0 saturated heterocycles. The lowest BCUT2D eigenvalue weighted by Gasteiger charge is -2.14. The van der Waals surface area contributed by atoms with Crippen LogP contribution in [-0.2, 0) is 9.53 Å². The Bertz CT molecular complexity index is 1140. The van der Waals surface area contributed by atoms with Crippen molar-refractivity contribution in [3.05, 3.63) is 69.9 Å². The Hall–Kier alpha value is -3.25. The van der Waals surface area contributed by atoms with Gasteiger partial charge in [0.2, 0.25) is 5.91 Å². The summed E-state index contributed by atoms with van der Waals surface area (Å²) in [7, 11) is 2.91. The molecule has 4 rings (SSSR count). The third-order valence-electron chi connectivity index (χ3n) is 5.11. The number of hydrogen-bond donors (Lipinski definition) is 2. The molecule has 7 heteroatoms. The van der Waals surface area contributed by atoms with E-state index >= 15 is 0 Å². The van der Waals surface area contributed by atoms with E-state index in [0.717, 1.165) is 11.1 Å². The summed E-state index contributed by atoms with van der Waals surface area (Å²) in [5.41, 5.74) is 4.37. The normalized spacial score (nSPS) is 15.0. The minimum atomic E-state index is -0.705. The Labute approximate surface area is 172 Å². The van der Waals surface area contributed by atoms with Crippen LogP contribution < -0.4 is 10.1 Å². The summed E-state index contributed by atoms with van der Waals surface area (Å²) >= 11 is 6.20. The first-order valence-corrected chi connectivity index (χ1v) is 9.38. The van der Waals surface area contributed by atoms with E-state index in [2.05, 4.69) is 10.3 Å². The lowest BCUT2D eigenvalue weighted by atomic mass is 9.87. The highest BCUT2D eigenvalue weighted by atomic mass is 35.5. The summed E-state index contributed by atoms with van der Waals surface area (Å²) < 4.78 is 10.4. The number of amides is 1. The summed E-state index contributed by atoms with van der Waals surface area (Å²) in [6.07, 6.45) is 0. The number of nitrogens with one attached hydrogen (secondary N) is 2. The highest BCUT2D eigenvalue weighted by Gasteiger charge is 2.38. The van der Waals surface area contributed by atoms with Crippen LogP contribution in [0.4, 0.5) is 5.69 Å². The number of anilines is 1. The van der Waals surface area contributed by atoms with Crippen LogP contribution >= 0.6 is 11.6 Å². The number of H-pyrrole nitrogens is 1. The number of aromatic nitrogens is 1. The van der Waals surface area contributed by atoms with Gasteiger partial charge < -0.3 is 19.8 Å². The molecule has 1 atom stereocenters. The average Bonchev–Trinajstić information content (AvgIpc) is 3.22. The minimum Gasteiger partial charge on any atom is -0.497 e. The molecule has 2 heterocycles. The van der Waals surface area contributed by atoms with Crippen LogP contribution in [0.3, 0.4) is 0 Å². The lowest BCUT2D eigenvalue weighted by molar-refractivity contribution is -0.116. The number of methoxy groups -OCH3 is 2. The largest absolute Gasteiger partial charge is 0.497 e. The predicted octanol–water partition coefficient (Wildman–Crippen LogP) is 4.52. The number of halogens is 1.